The molecule has 3 aromatic carbocycles. The Bertz CT molecular complexity index is 736. The van der Waals surface area contributed by atoms with Gasteiger partial charge in [0, 0.05) is 6.42 Å². The molecule has 3 aromatic rings. The number of carbonyl (C=O) groups is 1. The highest BCUT2D eigenvalue weighted by molar-refractivity contribution is 6.02. The van der Waals surface area contributed by atoms with Gasteiger partial charge >= 0.3 is 0 Å². The van der Waals surface area contributed by atoms with E-state index in [0.29, 0.717) is 0 Å². The Labute approximate surface area is 117 Å². The van der Waals surface area contributed by atoms with Crippen LogP contribution in [0.25, 0.3) is 21.5 Å². The Morgan fingerprint density at radius 1 is 1.00 bits per heavy atom. The van der Waals surface area contributed by atoms with Crippen LogP contribution in [0.4, 0.5) is 0 Å². The molecule has 100 valence electrons. The summed E-state index contributed by atoms with van der Waals surface area (Å²) in [4.78, 5) is 11.3. The topological polar surface area (TPSA) is 37.3 Å². The molecular weight excluding hydrogens is 248 g/mol. The van der Waals surface area contributed by atoms with E-state index in [4.69, 9.17) is 0 Å². The first-order chi connectivity index (χ1) is 9.66. The molecule has 1 atom stereocenters. The normalized spacial score (nSPS) is 12.7. The molecule has 0 radical (unpaired) electrons. The first kappa shape index (κ1) is 12.8. The van der Waals surface area contributed by atoms with Gasteiger partial charge in [0.1, 0.15) is 5.78 Å². The maximum absolute atomic E-state index is 11.3. The smallest absolute Gasteiger partial charge is 0.132 e. The van der Waals surface area contributed by atoms with Crippen molar-refractivity contribution in [2.45, 2.75) is 19.4 Å². The SMILES string of the molecule is CC(=O)C[C@@H](O)c1c2ccccc2cc2ccccc12. The van der Waals surface area contributed by atoms with E-state index in [1.807, 2.05) is 48.5 Å². The predicted molar refractivity (Wildman–Crippen MR) is 81.7 cm³/mol. The van der Waals surface area contributed by atoms with Crippen molar-refractivity contribution in [3.63, 3.8) is 0 Å². The third-order valence-corrected chi connectivity index (χ3v) is 3.63. The summed E-state index contributed by atoms with van der Waals surface area (Å²) in [6.07, 6.45) is -0.610. The third kappa shape index (κ3) is 2.19. The molecule has 2 heteroatoms. The van der Waals surface area contributed by atoms with Crippen molar-refractivity contribution in [2.75, 3.05) is 0 Å². The van der Waals surface area contributed by atoms with Crippen LogP contribution in [-0.4, -0.2) is 10.9 Å². The molecular formula is C18H16O2. The molecule has 0 aromatic heterocycles. The Hall–Kier alpha value is -2.19. The van der Waals surface area contributed by atoms with Gasteiger partial charge in [-0.15, -0.1) is 0 Å². The lowest BCUT2D eigenvalue weighted by atomic mass is 9.92. The lowest BCUT2D eigenvalue weighted by Crippen LogP contribution is -2.04. The Morgan fingerprint density at radius 2 is 1.50 bits per heavy atom. The van der Waals surface area contributed by atoms with Crippen molar-refractivity contribution in [1.82, 2.24) is 0 Å². The molecule has 0 saturated heterocycles. The first-order valence-electron chi connectivity index (χ1n) is 6.74. The number of benzene rings is 3. The fourth-order valence-corrected chi connectivity index (χ4v) is 2.78. The second kappa shape index (κ2) is 5.06. The molecule has 1 N–H and O–H groups in total. The zero-order valence-corrected chi connectivity index (χ0v) is 11.3. The van der Waals surface area contributed by atoms with Crippen molar-refractivity contribution in [1.29, 1.82) is 0 Å². The molecule has 0 aliphatic rings. The van der Waals surface area contributed by atoms with Gasteiger partial charge in [-0.05, 0) is 40.1 Å². The van der Waals surface area contributed by atoms with Crippen molar-refractivity contribution in [3.8, 4) is 0 Å². The summed E-state index contributed by atoms with van der Waals surface area (Å²) >= 11 is 0. The number of hydrogen-bond acceptors (Lipinski definition) is 2. The quantitative estimate of drug-likeness (QED) is 0.726. The van der Waals surface area contributed by atoms with Crippen molar-refractivity contribution in [2.24, 2.45) is 0 Å². The van der Waals surface area contributed by atoms with Gasteiger partial charge in [-0.1, -0.05) is 48.5 Å². The van der Waals surface area contributed by atoms with Crippen LogP contribution < -0.4 is 0 Å². The summed E-state index contributed by atoms with van der Waals surface area (Å²) in [6.45, 7) is 1.51. The van der Waals surface area contributed by atoms with Crippen molar-refractivity contribution in [3.05, 3.63) is 60.2 Å². The monoisotopic (exact) mass is 264 g/mol. The zero-order valence-electron chi connectivity index (χ0n) is 11.3. The van der Waals surface area contributed by atoms with Crippen molar-refractivity contribution >= 4 is 27.3 Å². The molecule has 0 aliphatic heterocycles. The molecule has 0 saturated carbocycles. The third-order valence-electron chi connectivity index (χ3n) is 3.63. The minimum Gasteiger partial charge on any atom is -0.388 e. The molecule has 0 fully saturated rings. The Kier molecular flexibility index (Phi) is 3.25. The van der Waals surface area contributed by atoms with E-state index in [-0.39, 0.29) is 12.2 Å². The van der Waals surface area contributed by atoms with Gasteiger partial charge < -0.3 is 5.11 Å². The molecule has 0 bridgehead atoms. The highest BCUT2D eigenvalue weighted by Gasteiger charge is 2.16. The predicted octanol–water partition coefficient (Wildman–Crippen LogP) is 4.01. The summed E-state index contributed by atoms with van der Waals surface area (Å²) in [5, 5.41) is 14.7. The van der Waals surface area contributed by atoms with E-state index >= 15 is 0 Å². The number of aliphatic hydroxyl groups is 1. The van der Waals surface area contributed by atoms with Crippen LogP contribution in [0.2, 0.25) is 0 Å². The minimum atomic E-state index is -0.761. The molecule has 0 amide bonds. The van der Waals surface area contributed by atoms with Crippen LogP contribution in [0, 0.1) is 0 Å². The lowest BCUT2D eigenvalue weighted by Gasteiger charge is -2.16. The van der Waals surface area contributed by atoms with Gasteiger partial charge in [0.15, 0.2) is 0 Å². The number of rotatable bonds is 3. The second-order valence-electron chi connectivity index (χ2n) is 5.15. The molecule has 0 unspecified atom stereocenters. The van der Waals surface area contributed by atoms with E-state index in [1.54, 1.807) is 0 Å². The number of Topliss-reactive ketones (excluding diaryl/α,β-unsaturated/α-hetero) is 1. The largest absolute Gasteiger partial charge is 0.388 e. The minimum absolute atomic E-state index is 0.00508. The van der Waals surface area contributed by atoms with Gasteiger partial charge in [-0.2, -0.15) is 0 Å². The van der Waals surface area contributed by atoms with Gasteiger partial charge in [0.05, 0.1) is 6.10 Å². The Balaban J connectivity index is 2.35. The van der Waals surface area contributed by atoms with Gasteiger partial charge in [-0.25, -0.2) is 0 Å². The van der Waals surface area contributed by atoms with Crippen LogP contribution in [0.5, 0.6) is 0 Å². The van der Waals surface area contributed by atoms with Crippen LogP contribution in [0.3, 0.4) is 0 Å². The maximum Gasteiger partial charge on any atom is 0.132 e. The van der Waals surface area contributed by atoms with Crippen LogP contribution in [0.1, 0.15) is 25.0 Å². The van der Waals surface area contributed by atoms with E-state index < -0.39 is 6.10 Å². The fourth-order valence-electron chi connectivity index (χ4n) is 2.78. The van der Waals surface area contributed by atoms with Gasteiger partial charge in [0.2, 0.25) is 0 Å². The highest BCUT2D eigenvalue weighted by atomic mass is 16.3. The van der Waals surface area contributed by atoms with Crippen molar-refractivity contribution < 1.29 is 9.90 Å². The first-order valence-corrected chi connectivity index (χ1v) is 6.74. The maximum atomic E-state index is 11.3. The van der Waals surface area contributed by atoms with Gasteiger partial charge in [-0.3, -0.25) is 4.79 Å². The molecule has 20 heavy (non-hydrogen) atoms. The lowest BCUT2D eigenvalue weighted by molar-refractivity contribution is -0.118. The summed E-state index contributed by atoms with van der Waals surface area (Å²) in [5.74, 6) is -0.00508. The highest BCUT2D eigenvalue weighted by Crippen LogP contribution is 2.34. The molecule has 0 spiro atoms. The van der Waals surface area contributed by atoms with Gasteiger partial charge in [0.25, 0.3) is 0 Å². The van der Waals surface area contributed by atoms with Crippen LogP contribution >= 0.6 is 0 Å². The average molecular weight is 264 g/mol. The Morgan fingerprint density at radius 3 is 2.00 bits per heavy atom. The number of ketones is 1. The molecule has 2 nitrogen and oxygen atoms in total. The molecule has 3 rings (SSSR count). The number of hydrogen-bond donors (Lipinski definition) is 1. The number of fused-ring (bicyclic) bond motifs is 2. The molecule has 0 heterocycles. The van der Waals surface area contributed by atoms with Crippen LogP contribution in [-0.2, 0) is 4.79 Å². The summed E-state index contributed by atoms with van der Waals surface area (Å²) < 4.78 is 0. The zero-order chi connectivity index (χ0) is 14.1. The number of aliphatic hydroxyl groups excluding tert-OH is 1. The van der Waals surface area contributed by atoms with Crippen LogP contribution in [0.15, 0.2) is 54.6 Å². The molecule has 0 aliphatic carbocycles. The summed E-state index contributed by atoms with van der Waals surface area (Å²) in [7, 11) is 0. The van der Waals surface area contributed by atoms with E-state index in [9.17, 15) is 9.90 Å². The summed E-state index contributed by atoms with van der Waals surface area (Å²) in [6, 6.07) is 18.1. The average Bonchev–Trinajstić information content (AvgIpc) is 2.43. The standard InChI is InChI=1S/C18H16O2/c1-12(19)10-17(20)18-15-8-4-2-6-13(15)11-14-7-3-5-9-16(14)18/h2-9,11,17,20H,10H2,1H3/t17-/m1/s1. The van der Waals surface area contributed by atoms with E-state index in [2.05, 4.69) is 6.07 Å². The fraction of sp³-hybridized carbons (Fsp3) is 0.167. The second-order valence-corrected chi connectivity index (χ2v) is 5.15. The van der Waals surface area contributed by atoms with E-state index in [1.165, 1.54) is 6.92 Å². The number of carbonyl (C=O) groups excluding carboxylic acids is 1. The van der Waals surface area contributed by atoms with E-state index in [0.717, 1.165) is 27.1 Å². The summed E-state index contributed by atoms with van der Waals surface area (Å²) in [5.41, 5.74) is 0.855.